The number of aliphatic hydroxyl groups excluding tert-OH is 1. The van der Waals surface area contributed by atoms with Crippen LogP contribution in [0.3, 0.4) is 0 Å². The Morgan fingerprint density at radius 3 is 2.17 bits per heavy atom. The minimum atomic E-state index is -0.650. The second-order valence-electron chi connectivity index (χ2n) is 5.76. The van der Waals surface area contributed by atoms with Gasteiger partial charge < -0.3 is 28.0 Å². The van der Waals surface area contributed by atoms with Crippen LogP contribution >= 0.6 is 0 Å². The van der Waals surface area contributed by atoms with Crippen molar-refractivity contribution in [3.05, 3.63) is 78.4 Å². The van der Waals surface area contributed by atoms with Crippen molar-refractivity contribution in [2.24, 2.45) is 5.92 Å². The van der Waals surface area contributed by atoms with Gasteiger partial charge in [0, 0.05) is 5.56 Å². The minimum Gasteiger partial charge on any atom is -1.00 e. The first kappa shape index (κ1) is 19.2. The van der Waals surface area contributed by atoms with Gasteiger partial charge in [0.15, 0.2) is 0 Å². The number of benzene rings is 2. The van der Waals surface area contributed by atoms with Gasteiger partial charge in [-0.15, -0.1) is 6.58 Å². The van der Waals surface area contributed by atoms with Gasteiger partial charge in [-0.25, -0.2) is 0 Å². The lowest BCUT2D eigenvalue weighted by atomic mass is 9.75. The van der Waals surface area contributed by atoms with Gasteiger partial charge in [-0.3, -0.25) is 0 Å². The van der Waals surface area contributed by atoms with E-state index in [2.05, 4.69) is 12.3 Å². The number of aliphatic hydroxyl groups is 1. The summed E-state index contributed by atoms with van der Waals surface area (Å²) in [7, 11) is 1.64. The van der Waals surface area contributed by atoms with Crippen LogP contribution in [-0.2, 0) is 5.54 Å². The van der Waals surface area contributed by atoms with E-state index in [-0.39, 0.29) is 18.3 Å². The first-order valence-electron chi connectivity index (χ1n) is 7.36. The summed E-state index contributed by atoms with van der Waals surface area (Å²) in [5.41, 5.74) is 5.75. The van der Waals surface area contributed by atoms with E-state index >= 15 is 0 Å². The quantitative estimate of drug-likeness (QED) is 0.713. The van der Waals surface area contributed by atoms with Crippen LogP contribution in [0.2, 0.25) is 0 Å². The van der Waals surface area contributed by atoms with Crippen molar-refractivity contribution in [1.82, 2.24) is 0 Å². The Hall–Kier alpha value is -1.81. The lowest BCUT2D eigenvalue weighted by molar-refractivity contribution is -0.497. The molecule has 3 nitrogen and oxygen atoms in total. The summed E-state index contributed by atoms with van der Waals surface area (Å²) in [6.45, 7) is 5.93. The maximum absolute atomic E-state index is 10.7. The summed E-state index contributed by atoms with van der Waals surface area (Å²) < 4.78 is 5.20. The predicted molar refractivity (Wildman–Crippen MR) is 88.3 cm³/mol. The highest BCUT2D eigenvalue weighted by Crippen LogP contribution is 2.35. The van der Waals surface area contributed by atoms with E-state index in [0.717, 1.165) is 16.9 Å². The van der Waals surface area contributed by atoms with Crippen molar-refractivity contribution in [2.75, 3.05) is 7.11 Å². The fraction of sp³-hybridized carbons (Fsp3) is 0.263. The lowest BCUT2D eigenvalue weighted by Crippen LogP contribution is -3.00. The molecule has 4 N–H and O–H groups in total. The molecule has 4 heteroatoms. The van der Waals surface area contributed by atoms with E-state index < -0.39 is 11.6 Å². The van der Waals surface area contributed by atoms with E-state index in [1.54, 1.807) is 13.2 Å². The number of methoxy groups -OCH3 is 1. The van der Waals surface area contributed by atoms with E-state index in [1.807, 2.05) is 61.5 Å². The smallest absolute Gasteiger partial charge is 0.126 e. The molecule has 2 aromatic rings. The third-order valence-corrected chi connectivity index (χ3v) is 4.22. The molecular weight excluding hydrogens is 310 g/mol. The van der Waals surface area contributed by atoms with Gasteiger partial charge in [-0.1, -0.05) is 36.4 Å². The molecule has 3 atom stereocenters. The molecule has 0 heterocycles. The average molecular weight is 334 g/mol. The highest BCUT2D eigenvalue weighted by Gasteiger charge is 2.39. The monoisotopic (exact) mass is 333 g/mol. The standard InChI is InChI=1S/C19H23NO2.ClH/c1-4-17(18(21)14-8-6-5-7-9-14)19(2,20)15-10-12-16(22-3)13-11-15;/h4-13,17-18,21H,1,20H2,2-3H3;1H/t17-,18+,19+;/m1./s1. The Labute approximate surface area is 144 Å². The third kappa shape index (κ3) is 4.14. The fourth-order valence-corrected chi connectivity index (χ4v) is 2.76. The van der Waals surface area contributed by atoms with Gasteiger partial charge >= 0.3 is 0 Å². The van der Waals surface area contributed by atoms with Gasteiger partial charge in [0.2, 0.25) is 0 Å². The topological polar surface area (TPSA) is 57.1 Å². The van der Waals surface area contributed by atoms with Crippen molar-refractivity contribution < 1.29 is 28.0 Å². The zero-order valence-corrected chi connectivity index (χ0v) is 14.3. The predicted octanol–water partition coefficient (Wildman–Crippen LogP) is -0.308. The Morgan fingerprint density at radius 2 is 1.70 bits per heavy atom. The third-order valence-electron chi connectivity index (χ3n) is 4.22. The van der Waals surface area contributed by atoms with Crippen LogP contribution in [0.15, 0.2) is 67.3 Å². The van der Waals surface area contributed by atoms with Crippen molar-refractivity contribution in [3.8, 4) is 5.75 Å². The van der Waals surface area contributed by atoms with Gasteiger partial charge in [-0.2, -0.15) is 0 Å². The van der Waals surface area contributed by atoms with Crippen LogP contribution in [0.25, 0.3) is 0 Å². The van der Waals surface area contributed by atoms with E-state index in [1.165, 1.54) is 0 Å². The molecule has 0 unspecified atom stereocenters. The van der Waals surface area contributed by atoms with Crippen molar-refractivity contribution in [1.29, 1.82) is 0 Å². The van der Waals surface area contributed by atoms with Gasteiger partial charge in [0.1, 0.15) is 11.3 Å². The van der Waals surface area contributed by atoms with E-state index in [4.69, 9.17) is 4.74 Å². The summed E-state index contributed by atoms with van der Waals surface area (Å²) in [6, 6.07) is 17.4. The summed E-state index contributed by atoms with van der Waals surface area (Å²) in [6.07, 6.45) is 1.14. The van der Waals surface area contributed by atoms with Crippen molar-refractivity contribution in [3.63, 3.8) is 0 Å². The van der Waals surface area contributed by atoms with Crippen molar-refractivity contribution >= 4 is 0 Å². The molecule has 2 aromatic carbocycles. The molecule has 124 valence electrons. The van der Waals surface area contributed by atoms with Crippen LogP contribution in [0.5, 0.6) is 5.75 Å². The van der Waals surface area contributed by atoms with Gasteiger partial charge in [0.05, 0.1) is 19.1 Å². The van der Waals surface area contributed by atoms with Crippen LogP contribution in [0.1, 0.15) is 24.2 Å². The average Bonchev–Trinajstić information content (AvgIpc) is 2.56. The molecule has 0 aliphatic carbocycles. The molecule has 2 rings (SSSR count). The second-order valence-corrected chi connectivity index (χ2v) is 5.76. The maximum Gasteiger partial charge on any atom is 0.126 e. The second kappa shape index (κ2) is 8.16. The van der Waals surface area contributed by atoms with Crippen LogP contribution in [-0.4, -0.2) is 12.2 Å². The first-order valence-corrected chi connectivity index (χ1v) is 7.36. The lowest BCUT2D eigenvalue weighted by Gasteiger charge is -2.32. The van der Waals surface area contributed by atoms with Gasteiger partial charge in [0.25, 0.3) is 0 Å². The van der Waals surface area contributed by atoms with Crippen LogP contribution in [0, 0.1) is 5.92 Å². The highest BCUT2D eigenvalue weighted by molar-refractivity contribution is 5.32. The molecule has 0 aromatic heterocycles. The molecule has 0 aliphatic rings. The molecule has 0 bridgehead atoms. The molecular formula is C19H24ClNO2. The Bertz CT molecular complexity index is 611. The first-order chi connectivity index (χ1) is 10.5. The normalized spacial score (nSPS) is 15.7. The molecule has 0 fully saturated rings. The molecule has 0 aliphatic heterocycles. The molecule has 0 saturated heterocycles. The van der Waals surface area contributed by atoms with Crippen molar-refractivity contribution in [2.45, 2.75) is 18.6 Å². The number of rotatable bonds is 6. The zero-order valence-electron chi connectivity index (χ0n) is 13.6. The fourth-order valence-electron chi connectivity index (χ4n) is 2.76. The molecule has 0 saturated carbocycles. The number of halogens is 1. The SMILES string of the molecule is C=C[C@H]([C@@H](O)c1ccccc1)[C@@](C)([NH3+])c1ccc(OC)cc1.[Cl-]. The van der Waals surface area contributed by atoms with Crippen LogP contribution < -0.4 is 22.9 Å². The maximum atomic E-state index is 10.7. The number of quaternary nitrogens is 1. The van der Waals surface area contributed by atoms with Gasteiger partial charge in [-0.05, 0) is 36.8 Å². The Balaban J connectivity index is 0.00000264. The van der Waals surface area contributed by atoms with E-state index in [0.29, 0.717) is 0 Å². The summed E-state index contributed by atoms with van der Waals surface area (Å²) >= 11 is 0. The number of hydrogen-bond donors (Lipinski definition) is 2. The van der Waals surface area contributed by atoms with Crippen LogP contribution in [0.4, 0.5) is 0 Å². The molecule has 23 heavy (non-hydrogen) atoms. The Kier molecular flexibility index (Phi) is 6.82. The summed E-state index contributed by atoms with van der Waals surface area (Å²) in [5, 5.41) is 10.7. The minimum absolute atomic E-state index is 0. The highest BCUT2D eigenvalue weighted by atomic mass is 35.5. The number of hydrogen-bond acceptors (Lipinski definition) is 2. The zero-order chi connectivity index (χ0) is 16.2. The van der Waals surface area contributed by atoms with E-state index in [9.17, 15) is 5.11 Å². The largest absolute Gasteiger partial charge is 1.00 e. The summed E-state index contributed by atoms with van der Waals surface area (Å²) in [4.78, 5) is 0. The summed E-state index contributed by atoms with van der Waals surface area (Å²) in [5.74, 6) is 0.599. The molecule has 0 spiro atoms. The molecule has 0 amide bonds. The molecule has 0 radical (unpaired) electrons. The number of ether oxygens (including phenoxy) is 1. The Morgan fingerprint density at radius 1 is 1.13 bits per heavy atom.